The van der Waals surface area contributed by atoms with Crippen LogP contribution in [0, 0.1) is 0 Å². The Morgan fingerprint density at radius 3 is 2.78 bits per heavy atom. The summed E-state index contributed by atoms with van der Waals surface area (Å²) in [5.74, 6) is 0.869. The van der Waals surface area contributed by atoms with Gasteiger partial charge in [0.1, 0.15) is 5.82 Å². The molecule has 2 aliphatic rings. The number of carbonyl (C=O) groups excluding carboxylic acids is 1. The lowest BCUT2D eigenvalue weighted by Gasteiger charge is -2.28. The zero-order valence-corrected chi connectivity index (χ0v) is 13.3. The third-order valence-electron chi connectivity index (χ3n) is 4.83. The van der Waals surface area contributed by atoms with E-state index >= 15 is 0 Å². The van der Waals surface area contributed by atoms with Gasteiger partial charge in [-0.1, -0.05) is 23.7 Å². The third-order valence-corrected chi connectivity index (χ3v) is 5.08. The first-order valence-corrected chi connectivity index (χ1v) is 8.19. The van der Waals surface area contributed by atoms with E-state index in [0.717, 1.165) is 24.2 Å². The lowest BCUT2D eigenvalue weighted by atomic mass is 10.1. The number of amides is 1. The van der Waals surface area contributed by atoms with Crippen LogP contribution in [-0.4, -0.2) is 37.7 Å². The first kappa shape index (κ1) is 14.5. The maximum atomic E-state index is 12.8. The largest absolute Gasteiger partial charge is 0.343 e. The minimum absolute atomic E-state index is 0.0800. The molecule has 2 bridgehead atoms. The van der Waals surface area contributed by atoms with Gasteiger partial charge in [0.15, 0.2) is 0 Å². The monoisotopic (exact) mass is 332 g/mol. The van der Waals surface area contributed by atoms with Gasteiger partial charge in [-0.3, -0.25) is 9.36 Å². The van der Waals surface area contributed by atoms with Crippen molar-refractivity contribution in [2.45, 2.75) is 44.3 Å². The molecule has 7 heteroatoms. The van der Waals surface area contributed by atoms with Crippen molar-refractivity contribution in [3.63, 3.8) is 0 Å². The molecule has 6 nitrogen and oxygen atoms in total. The number of hydrogen-bond acceptors (Lipinski definition) is 3. The molecule has 120 valence electrons. The fourth-order valence-electron chi connectivity index (χ4n) is 3.73. The van der Waals surface area contributed by atoms with Gasteiger partial charge in [0.05, 0.1) is 12.5 Å². The molecule has 23 heavy (non-hydrogen) atoms. The number of aromatic amines is 1. The molecule has 2 atom stereocenters. The highest BCUT2D eigenvalue weighted by molar-refractivity contribution is 6.30. The van der Waals surface area contributed by atoms with Gasteiger partial charge in [0, 0.05) is 24.0 Å². The van der Waals surface area contributed by atoms with E-state index < -0.39 is 0 Å². The number of fused-ring (bicyclic) bond motifs is 3. The summed E-state index contributed by atoms with van der Waals surface area (Å²) in [6, 6.07) is 7.59. The number of carbonyl (C=O) groups is 1. The van der Waals surface area contributed by atoms with Crippen molar-refractivity contribution in [1.29, 1.82) is 0 Å². The Hall–Kier alpha value is -2.08. The van der Waals surface area contributed by atoms with E-state index in [4.69, 9.17) is 11.6 Å². The lowest BCUT2D eigenvalue weighted by Crippen LogP contribution is -2.43. The van der Waals surface area contributed by atoms with Crippen molar-refractivity contribution in [2.75, 3.05) is 0 Å². The number of benzene rings is 1. The van der Waals surface area contributed by atoms with Crippen molar-refractivity contribution in [2.24, 2.45) is 0 Å². The molecule has 1 aromatic heterocycles. The zero-order valence-electron chi connectivity index (χ0n) is 12.5. The number of hydrogen-bond donors (Lipinski definition) is 1. The van der Waals surface area contributed by atoms with Gasteiger partial charge in [0.2, 0.25) is 5.91 Å². The summed E-state index contributed by atoms with van der Waals surface area (Å²) in [6.07, 6.45) is 2.91. The second kappa shape index (κ2) is 5.53. The molecule has 1 aromatic carbocycles. The van der Waals surface area contributed by atoms with Gasteiger partial charge in [-0.15, -0.1) is 0 Å². The van der Waals surface area contributed by atoms with E-state index in [-0.39, 0.29) is 23.7 Å². The van der Waals surface area contributed by atoms with E-state index in [1.807, 2.05) is 17.0 Å². The average molecular weight is 333 g/mol. The summed E-state index contributed by atoms with van der Waals surface area (Å²) >= 11 is 5.89. The second-order valence-electron chi connectivity index (χ2n) is 6.25. The fourth-order valence-corrected chi connectivity index (χ4v) is 3.86. The molecule has 1 saturated heterocycles. The van der Waals surface area contributed by atoms with Crippen LogP contribution >= 0.6 is 11.6 Å². The highest BCUT2D eigenvalue weighted by Crippen LogP contribution is 2.30. The molecule has 2 aliphatic heterocycles. The molecule has 0 saturated carbocycles. The van der Waals surface area contributed by atoms with Crippen LogP contribution in [0.4, 0.5) is 0 Å². The van der Waals surface area contributed by atoms with E-state index in [1.165, 1.54) is 0 Å². The smallest absolute Gasteiger partial charge is 0.334 e. The number of H-pyrrole nitrogens is 1. The van der Waals surface area contributed by atoms with Crippen LogP contribution < -0.4 is 5.69 Å². The van der Waals surface area contributed by atoms with Gasteiger partial charge >= 0.3 is 5.69 Å². The van der Waals surface area contributed by atoms with Crippen molar-refractivity contribution >= 4 is 17.5 Å². The third kappa shape index (κ3) is 2.57. The maximum absolute atomic E-state index is 12.8. The number of rotatable bonds is 2. The van der Waals surface area contributed by atoms with Crippen molar-refractivity contribution in [1.82, 2.24) is 19.7 Å². The van der Waals surface area contributed by atoms with E-state index in [1.54, 1.807) is 16.7 Å². The van der Waals surface area contributed by atoms with Crippen LogP contribution in [0.1, 0.15) is 24.2 Å². The fraction of sp³-hybridized carbons (Fsp3) is 0.438. The molecule has 3 heterocycles. The molecule has 0 radical (unpaired) electrons. The van der Waals surface area contributed by atoms with E-state index in [9.17, 15) is 9.59 Å². The standard InChI is InChI=1S/C16H17ClN4O2/c17-11-3-1-10(2-4-11)7-15(22)21-12-5-6-13(21)9-20-14(8-12)18-19-16(20)23/h1-4,12-13H,5-9H2,(H,19,23)/t12-,13+/m0/s1. The first-order chi connectivity index (χ1) is 11.1. The van der Waals surface area contributed by atoms with Crippen molar-refractivity contribution < 1.29 is 4.79 Å². The quantitative estimate of drug-likeness (QED) is 0.903. The van der Waals surface area contributed by atoms with Crippen molar-refractivity contribution in [3.8, 4) is 0 Å². The highest BCUT2D eigenvalue weighted by Gasteiger charge is 2.40. The summed E-state index contributed by atoms with van der Waals surface area (Å²) in [6.45, 7) is 0.535. The highest BCUT2D eigenvalue weighted by atomic mass is 35.5. The zero-order chi connectivity index (χ0) is 16.0. The number of halogens is 1. The number of nitrogens with zero attached hydrogens (tertiary/aromatic N) is 3. The van der Waals surface area contributed by atoms with Gasteiger partial charge in [-0.25, -0.2) is 9.89 Å². The van der Waals surface area contributed by atoms with Gasteiger partial charge in [0.25, 0.3) is 0 Å². The molecule has 0 aliphatic carbocycles. The van der Waals surface area contributed by atoms with Crippen LogP contribution in [0.3, 0.4) is 0 Å². The molecule has 2 aromatic rings. The Bertz CT molecular complexity index is 795. The lowest BCUT2D eigenvalue weighted by molar-refractivity contribution is -0.133. The average Bonchev–Trinajstić information content (AvgIpc) is 3.01. The van der Waals surface area contributed by atoms with E-state index in [0.29, 0.717) is 24.4 Å². The summed E-state index contributed by atoms with van der Waals surface area (Å²) in [5.41, 5.74) is 0.774. The Labute approximate surface area is 138 Å². The molecule has 0 unspecified atom stereocenters. The summed E-state index contributed by atoms with van der Waals surface area (Å²) in [7, 11) is 0. The molecular weight excluding hydrogens is 316 g/mol. The molecule has 0 spiro atoms. The summed E-state index contributed by atoms with van der Waals surface area (Å²) < 4.78 is 1.67. The summed E-state index contributed by atoms with van der Waals surface area (Å²) in [5, 5.41) is 7.27. The predicted octanol–water partition coefficient (Wildman–Crippen LogP) is 1.38. The molecule has 1 fully saturated rings. The topological polar surface area (TPSA) is 71.0 Å². The molecule has 4 rings (SSSR count). The number of nitrogens with one attached hydrogen (secondary N) is 1. The molecular formula is C16H17ClN4O2. The second-order valence-corrected chi connectivity index (χ2v) is 6.69. The normalized spacial score (nSPS) is 22.7. The predicted molar refractivity (Wildman–Crippen MR) is 85.4 cm³/mol. The number of aromatic nitrogens is 3. The molecule has 1 N–H and O–H groups in total. The summed E-state index contributed by atoms with van der Waals surface area (Å²) in [4.78, 5) is 26.6. The Kier molecular flexibility index (Phi) is 3.49. The molecule has 1 amide bonds. The van der Waals surface area contributed by atoms with Gasteiger partial charge in [-0.2, -0.15) is 5.10 Å². The Balaban J connectivity index is 1.56. The minimum Gasteiger partial charge on any atom is -0.334 e. The Morgan fingerprint density at radius 1 is 1.26 bits per heavy atom. The Morgan fingerprint density at radius 2 is 2.00 bits per heavy atom. The maximum Gasteiger partial charge on any atom is 0.343 e. The van der Waals surface area contributed by atoms with Crippen LogP contribution in [0.2, 0.25) is 5.02 Å². The van der Waals surface area contributed by atoms with Gasteiger partial charge in [-0.05, 0) is 30.5 Å². The van der Waals surface area contributed by atoms with Crippen LogP contribution in [0.5, 0.6) is 0 Å². The first-order valence-electron chi connectivity index (χ1n) is 7.81. The SMILES string of the molecule is O=C(Cc1ccc(Cl)cc1)N1[C@@H]2CC[C@H]1Cc1n[nH]c(=O)n1C2. The minimum atomic E-state index is -0.183. The van der Waals surface area contributed by atoms with E-state index in [2.05, 4.69) is 10.2 Å². The van der Waals surface area contributed by atoms with Crippen molar-refractivity contribution in [3.05, 3.63) is 51.2 Å². The van der Waals surface area contributed by atoms with Crippen LogP contribution in [-0.2, 0) is 24.2 Å². The van der Waals surface area contributed by atoms with Gasteiger partial charge < -0.3 is 4.90 Å². The van der Waals surface area contributed by atoms with Crippen LogP contribution in [0.15, 0.2) is 29.1 Å². The van der Waals surface area contributed by atoms with Crippen LogP contribution in [0.25, 0.3) is 0 Å².